The summed E-state index contributed by atoms with van der Waals surface area (Å²) in [6.07, 6.45) is 0. The first-order chi connectivity index (χ1) is 10.0. The Balaban J connectivity index is 2.13. The molecule has 1 aromatic heterocycles. The second kappa shape index (κ2) is 6.08. The normalized spacial score (nSPS) is 10.2. The zero-order valence-electron chi connectivity index (χ0n) is 11.7. The van der Waals surface area contributed by atoms with Crippen molar-refractivity contribution >= 4 is 5.91 Å². The number of benzene rings is 1. The van der Waals surface area contributed by atoms with Gasteiger partial charge in [0.05, 0.1) is 7.11 Å². The molecule has 2 rings (SSSR count). The maximum absolute atomic E-state index is 12.1. The number of carbonyl (C=O) groups excluding carboxylic acids is 1. The van der Waals surface area contributed by atoms with Gasteiger partial charge in [-0.1, -0.05) is 6.07 Å². The van der Waals surface area contributed by atoms with Crippen LogP contribution in [0.3, 0.4) is 0 Å². The van der Waals surface area contributed by atoms with Gasteiger partial charge in [0, 0.05) is 19.7 Å². The van der Waals surface area contributed by atoms with Crippen molar-refractivity contribution in [3.05, 3.63) is 51.9 Å². The molecule has 0 atom stereocenters. The zero-order chi connectivity index (χ0) is 15.4. The lowest BCUT2D eigenvalue weighted by atomic mass is 10.2. The minimum Gasteiger partial charge on any atom is -0.504 e. The van der Waals surface area contributed by atoms with E-state index in [2.05, 4.69) is 10.2 Å². The van der Waals surface area contributed by atoms with E-state index >= 15 is 0 Å². The molecule has 7 nitrogen and oxygen atoms in total. The Morgan fingerprint density at radius 1 is 1.38 bits per heavy atom. The van der Waals surface area contributed by atoms with Crippen LogP contribution in [0, 0.1) is 0 Å². The molecule has 0 aliphatic rings. The lowest BCUT2D eigenvalue weighted by Crippen LogP contribution is -2.28. The first kappa shape index (κ1) is 14.6. The summed E-state index contributed by atoms with van der Waals surface area (Å²) in [4.78, 5) is 24.5. The summed E-state index contributed by atoms with van der Waals surface area (Å²) in [5, 5.41) is 15.4. The van der Waals surface area contributed by atoms with E-state index in [1.165, 1.54) is 30.2 Å². The van der Waals surface area contributed by atoms with Gasteiger partial charge >= 0.3 is 0 Å². The SMILES string of the molecule is COc1cc(CN(C)C(=O)c2ccc(=O)[nH]n2)ccc1O. The van der Waals surface area contributed by atoms with Crippen LogP contribution in [0.15, 0.2) is 35.1 Å². The highest BCUT2D eigenvalue weighted by Crippen LogP contribution is 2.26. The highest BCUT2D eigenvalue weighted by Gasteiger charge is 2.14. The molecule has 1 aromatic carbocycles. The molecule has 0 spiro atoms. The number of aromatic nitrogens is 2. The fourth-order valence-corrected chi connectivity index (χ4v) is 1.83. The largest absolute Gasteiger partial charge is 0.504 e. The maximum atomic E-state index is 12.1. The van der Waals surface area contributed by atoms with Crippen molar-refractivity contribution in [1.29, 1.82) is 0 Å². The summed E-state index contributed by atoms with van der Waals surface area (Å²) >= 11 is 0. The Bertz CT molecular complexity index is 691. The molecule has 0 aliphatic carbocycles. The molecule has 0 saturated heterocycles. The summed E-state index contributed by atoms with van der Waals surface area (Å²) in [5.41, 5.74) is 0.588. The summed E-state index contributed by atoms with van der Waals surface area (Å²) in [7, 11) is 3.08. The van der Waals surface area contributed by atoms with Crippen molar-refractivity contribution in [2.75, 3.05) is 14.2 Å². The Morgan fingerprint density at radius 2 is 2.14 bits per heavy atom. The van der Waals surface area contributed by atoms with Gasteiger partial charge in [-0.05, 0) is 23.8 Å². The molecule has 1 heterocycles. The first-order valence-corrected chi connectivity index (χ1v) is 6.18. The van der Waals surface area contributed by atoms with E-state index in [4.69, 9.17) is 4.74 Å². The summed E-state index contributed by atoms with van der Waals surface area (Å²) in [5.74, 6) is 0.0614. The number of nitrogens with one attached hydrogen (secondary N) is 1. The van der Waals surface area contributed by atoms with Gasteiger partial charge in [0.2, 0.25) is 0 Å². The van der Waals surface area contributed by atoms with Gasteiger partial charge in [-0.25, -0.2) is 5.10 Å². The smallest absolute Gasteiger partial charge is 0.274 e. The number of amides is 1. The lowest BCUT2D eigenvalue weighted by molar-refractivity contribution is 0.0778. The van der Waals surface area contributed by atoms with Gasteiger partial charge in [0.15, 0.2) is 11.5 Å². The third kappa shape index (κ3) is 3.38. The van der Waals surface area contributed by atoms with Crippen LogP contribution in [0.25, 0.3) is 0 Å². The molecular weight excluding hydrogens is 274 g/mol. The number of hydrogen-bond acceptors (Lipinski definition) is 5. The lowest BCUT2D eigenvalue weighted by Gasteiger charge is -2.17. The molecule has 1 amide bonds. The number of phenolic OH excluding ortho intramolecular Hbond substituents is 1. The quantitative estimate of drug-likeness (QED) is 0.866. The van der Waals surface area contributed by atoms with Crippen LogP contribution in [-0.4, -0.2) is 40.3 Å². The maximum Gasteiger partial charge on any atom is 0.274 e. The van der Waals surface area contributed by atoms with Crippen molar-refractivity contribution in [1.82, 2.24) is 15.1 Å². The average molecular weight is 289 g/mol. The molecule has 0 fully saturated rings. The number of aromatic amines is 1. The number of hydrogen-bond donors (Lipinski definition) is 2. The van der Waals surface area contributed by atoms with Crippen molar-refractivity contribution < 1.29 is 14.6 Å². The van der Waals surface area contributed by atoms with E-state index < -0.39 is 0 Å². The third-order valence-electron chi connectivity index (χ3n) is 2.91. The fraction of sp³-hybridized carbons (Fsp3) is 0.214. The van der Waals surface area contributed by atoms with Gasteiger partial charge in [0.25, 0.3) is 11.5 Å². The van der Waals surface area contributed by atoms with Crippen molar-refractivity contribution in [3.63, 3.8) is 0 Å². The van der Waals surface area contributed by atoms with Crippen LogP contribution in [0.1, 0.15) is 16.1 Å². The zero-order valence-corrected chi connectivity index (χ0v) is 11.7. The van der Waals surface area contributed by atoms with E-state index in [9.17, 15) is 14.7 Å². The fourth-order valence-electron chi connectivity index (χ4n) is 1.83. The van der Waals surface area contributed by atoms with Gasteiger partial charge in [0.1, 0.15) is 5.69 Å². The van der Waals surface area contributed by atoms with Crippen LogP contribution < -0.4 is 10.3 Å². The molecule has 2 N–H and O–H groups in total. The number of rotatable bonds is 4. The van der Waals surface area contributed by atoms with Gasteiger partial charge in [-0.2, -0.15) is 5.10 Å². The van der Waals surface area contributed by atoms with E-state index in [0.717, 1.165) is 5.56 Å². The topological polar surface area (TPSA) is 95.5 Å². The van der Waals surface area contributed by atoms with E-state index in [1.807, 2.05) is 0 Å². The van der Waals surface area contributed by atoms with E-state index in [0.29, 0.717) is 12.3 Å². The second-order valence-corrected chi connectivity index (χ2v) is 4.47. The molecule has 0 unspecified atom stereocenters. The number of H-pyrrole nitrogens is 1. The molecule has 7 heteroatoms. The predicted molar refractivity (Wildman–Crippen MR) is 75.3 cm³/mol. The molecular formula is C14H15N3O4. The summed E-state index contributed by atoms with van der Waals surface area (Å²) in [6, 6.07) is 7.47. The standard InChI is InChI=1S/C14H15N3O4/c1-17(14(20)10-4-6-13(19)16-15-10)8-9-3-5-11(18)12(7-9)21-2/h3-7,18H,8H2,1-2H3,(H,16,19). The van der Waals surface area contributed by atoms with Crippen molar-refractivity contribution in [3.8, 4) is 11.5 Å². The van der Waals surface area contributed by atoms with Gasteiger partial charge in [-0.15, -0.1) is 0 Å². The Kier molecular flexibility index (Phi) is 4.22. The molecule has 0 bridgehead atoms. The molecule has 0 radical (unpaired) electrons. The Hall–Kier alpha value is -2.83. The van der Waals surface area contributed by atoms with Gasteiger partial charge in [-0.3, -0.25) is 9.59 Å². The van der Waals surface area contributed by atoms with Crippen LogP contribution in [0.2, 0.25) is 0 Å². The van der Waals surface area contributed by atoms with E-state index in [-0.39, 0.29) is 22.9 Å². The van der Waals surface area contributed by atoms with Crippen LogP contribution in [-0.2, 0) is 6.54 Å². The summed E-state index contributed by atoms with van der Waals surface area (Å²) in [6.45, 7) is 0.316. The van der Waals surface area contributed by atoms with Gasteiger partial charge < -0.3 is 14.7 Å². The molecule has 0 aliphatic heterocycles. The molecule has 2 aromatic rings. The number of nitrogens with zero attached hydrogens (tertiary/aromatic N) is 2. The summed E-state index contributed by atoms with van der Waals surface area (Å²) < 4.78 is 5.02. The predicted octanol–water partition coefficient (Wildman–Crippen LogP) is 0.756. The number of carbonyl (C=O) groups is 1. The minimum atomic E-state index is -0.363. The molecule has 21 heavy (non-hydrogen) atoms. The van der Waals surface area contributed by atoms with Crippen LogP contribution in [0.5, 0.6) is 11.5 Å². The number of aromatic hydroxyl groups is 1. The number of phenols is 1. The minimum absolute atomic E-state index is 0.0394. The Morgan fingerprint density at radius 3 is 2.76 bits per heavy atom. The highest BCUT2D eigenvalue weighted by molar-refractivity contribution is 5.91. The van der Waals surface area contributed by atoms with Crippen molar-refractivity contribution in [2.45, 2.75) is 6.54 Å². The third-order valence-corrected chi connectivity index (χ3v) is 2.91. The molecule has 0 saturated carbocycles. The Labute approximate surface area is 120 Å². The number of methoxy groups -OCH3 is 1. The highest BCUT2D eigenvalue weighted by atomic mass is 16.5. The first-order valence-electron chi connectivity index (χ1n) is 6.18. The van der Waals surface area contributed by atoms with Crippen molar-refractivity contribution in [2.24, 2.45) is 0 Å². The van der Waals surface area contributed by atoms with Crippen LogP contribution in [0.4, 0.5) is 0 Å². The second-order valence-electron chi connectivity index (χ2n) is 4.47. The van der Waals surface area contributed by atoms with Crippen LogP contribution >= 0.6 is 0 Å². The number of ether oxygens (including phenoxy) is 1. The molecule has 110 valence electrons. The average Bonchev–Trinajstić information content (AvgIpc) is 2.49. The monoisotopic (exact) mass is 289 g/mol. The van der Waals surface area contributed by atoms with E-state index in [1.54, 1.807) is 19.2 Å².